The molecule has 230 valence electrons. The third-order valence-electron chi connectivity index (χ3n) is 7.60. The highest BCUT2D eigenvalue weighted by atomic mass is 16.6. The molecular formula is C35H40N4O5. The lowest BCUT2D eigenvalue weighted by atomic mass is 9.93. The number of anilines is 1. The summed E-state index contributed by atoms with van der Waals surface area (Å²) in [5, 5.41) is 3.78. The molecule has 0 unspecified atom stereocenters. The third-order valence-corrected chi connectivity index (χ3v) is 7.60. The molecule has 1 N–H and O–H groups in total. The number of nitrogens with zero attached hydrogens (tertiary/aromatic N) is 3. The van der Waals surface area contributed by atoms with Gasteiger partial charge >= 0.3 is 6.09 Å². The molecule has 1 fully saturated rings. The van der Waals surface area contributed by atoms with Gasteiger partial charge in [-0.05, 0) is 88.3 Å². The van der Waals surface area contributed by atoms with Gasteiger partial charge in [-0.25, -0.2) is 9.78 Å². The predicted molar refractivity (Wildman–Crippen MR) is 170 cm³/mol. The van der Waals surface area contributed by atoms with Crippen LogP contribution in [0.1, 0.15) is 63.2 Å². The van der Waals surface area contributed by atoms with Crippen LogP contribution in [0.25, 0.3) is 10.9 Å². The molecule has 2 aromatic heterocycles. The van der Waals surface area contributed by atoms with Crippen molar-refractivity contribution in [3.8, 4) is 11.5 Å². The maximum atomic E-state index is 12.9. The normalized spacial score (nSPS) is 13.9. The number of likely N-dealkylation sites (tertiary alicyclic amines) is 1. The first-order chi connectivity index (χ1) is 21.1. The molecule has 0 saturated carbocycles. The SMILES string of the molecule is CC(C)(C)OC(=O)N1CCC(CC(=O)Nc2cc(Oc3ccc4c(ccn4C(=O)CCCc4ccccc4)c3)ccn2)CC1. The second-order valence-corrected chi connectivity index (χ2v) is 12.3. The molecule has 44 heavy (non-hydrogen) atoms. The van der Waals surface area contributed by atoms with Crippen LogP contribution in [0.15, 0.2) is 79.1 Å². The summed E-state index contributed by atoms with van der Waals surface area (Å²) in [6.45, 7) is 6.71. The average molecular weight is 597 g/mol. The number of carbonyl (C=O) groups excluding carboxylic acids is 3. The van der Waals surface area contributed by atoms with E-state index in [2.05, 4.69) is 22.4 Å². The lowest BCUT2D eigenvalue weighted by molar-refractivity contribution is -0.117. The predicted octanol–water partition coefficient (Wildman–Crippen LogP) is 7.47. The number of ether oxygens (including phenoxy) is 2. The molecule has 9 heteroatoms. The van der Waals surface area contributed by atoms with Crippen LogP contribution in [-0.2, 0) is 16.0 Å². The zero-order valence-corrected chi connectivity index (χ0v) is 25.6. The average Bonchev–Trinajstić information content (AvgIpc) is 3.41. The summed E-state index contributed by atoms with van der Waals surface area (Å²) in [4.78, 5) is 44.0. The minimum atomic E-state index is -0.527. The van der Waals surface area contributed by atoms with Crippen LogP contribution in [0.2, 0.25) is 0 Å². The highest BCUT2D eigenvalue weighted by Crippen LogP contribution is 2.28. The van der Waals surface area contributed by atoms with Gasteiger partial charge < -0.3 is 19.7 Å². The van der Waals surface area contributed by atoms with Crippen LogP contribution in [0.3, 0.4) is 0 Å². The number of carbonyl (C=O) groups is 3. The Bertz CT molecular complexity index is 1600. The highest BCUT2D eigenvalue weighted by molar-refractivity contribution is 5.93. The summed E-state index contributed by atoms with van der Waals surface area (Å²) >= 11 is 0. The molecule has 3 heterocycles. The Kier molecular flexibility index (Phi) is 9.62. The number of benzene rings is 2. The van der Waals surface area contributed by atoms with Crippen molar-refractivity contribution in [3.63, 3.8) is 0 Å². The Labute approximate surface area is 258 Å². The molecule has 9 nitrogen and oxygen atoms in total. The zero-order chi connectivity index (χ0) is 31.1. The van der Waals surface area contributed by atoms with E-state index >= 15 is 0 Å². The van der Waals surface area contributed by atoms with E-state index in [0.717, 1.165) is 36.6 Å². The minimum Gasteiger partial charge on any atom is -0.457 e. The fourth-order valence-electron chi connectivity index (χ4n) is 5.39. The number of rotatable bonds is 9. The number of amides is 2. The molecule has 0 bridgehead atoms. The maximum Gasteiger partial charge on any atom is 0.410 e. The van der Waals surface area contributed by atoms with Crippen molar-refractivity contribution in [2.75, 3.05) is 18.4 Å². The van der Waals surface area contributed by atoms with Crippen LogP contribution < -0.4 is 10.1 Å². The number of pyridine rings is 1. The maximum absolute atomic E-state index is 12.9. The molecule has 0 spiro atoms. The van der Waals surface area contributed by atoms with Gasteiger partial charge in [-0.1, -0.05) is 30.3 Å². The van der Waals surface area contributed by atoms with Gasteiger partial charge in [0.05, 0.1) is 5.52 Å². The van der Waals surface area contributed by atoms with E-state index in [1.807, 2.05) is 63.2 Å². The fraction of sp³-hybridized carbons (Fsp3) is 0.371. The molecular weight excluding hydrogens is 556 g/mol. The van der Waals surface area contributed by atoms with Gasteiger partial charge in [0.1, 0.15) is 22.9 Å². The number of hydrogen-bond acceptors (Lipinski definition) is 6. The lowest BCUT2D eigenvalue weighted by Crippen LogP contribution is -2.42. The molecule has 0 atom stereocenters. The van der Waals surface area contributed by atoms with Crippen LogP contribution >= 0.6 is 0 Å². The topological polar surface area (TPSA) is 103 Å². The van der Waals surface area contributed by atoms with Gasteiger partial charge in [-0.15, -0.1) is 0 Å². The van der Waals surface area contributed by atoms with Gasteiger partial charge in [0.15, 0.2) is 0 Å². The molecule has 2 amide bonds. The van der Waals surface area contributed by atoms with E-state index in [0.29, 0.717) is 43.2 Å². The van der Waals surface area contributed by atoms with Gasteiger partial charge in [0, 0.05) is 49.8 Å². The van der Waals surface area contributed by atoms with Crippen molar-refractivity contribution in [1.82, 2.24) is 14.5 Å². The summed E-state index contributed by atoms with van der Waals surface area (Å²) in [5.74, 6) is 1.69. The van der Waals surface area contributed by atoms with Gasteiger partial charge in [0.2, 0.25) is 11.8 Å². The van der Waals surface area contributed by atoms with E-state index < -0.39 is 5.60 Å². The molecule has 1 saturated heterocycles. The van der Waals surface area contributed by atoms with Crippen molar-refractivity contribution >= 4 is 34.6 Å². The Morgan fingerprint density at radius 3 is 2.45 bits per heavy atom. The summed E-state index contributed by atoms with van der Waals surface area (Å²) in [6.07, 6.45) is 7.06. The van der Waals surface area contributed by atoms with E-state index in [1.54, 1.807) is 34.0 Å². The van der Waals surface area contributed by atoms with Crippen molar-refractivity contribution in [2.24, 2.45) is 5.92 Å². The van der Waals surface area contributed by atoms with E-state index in [4.69, 9.17) is 9.47 Å². The molecule has 4 aromatic rings. The molecule has 5 rings (SSSR count). The Morgan fingerprint density at radius 2 is 1.70 bits per heavy atom. The quantitative estimate of drug-likeness (QED) is 0.215. The second-order valence-electron chi connectivity index (χ2n) is 12.3. The van der Waals surface area contributed by atoms with E-state index in [1.165, 1.54) is 5.56 Å². The smallest absolute Gasteiger partial charge is 0.410 e. The standard InChI is InChI=1S/C35H40N4O5/c1-35(2,3)44-34(42)38-19-15-26(16-20-38)22-32(40)37-31-24-29(14-18-36-31)43-28-12-13-30-27(23-28)17-21-39(30)33(41)11-7-10-25-8-5-4-6-9-25/h4-6,8-9,12-14,17-18,21,23-24,26H,7,10-11,15-16,19-20,22H2,1-3H3,(H,36,37,40). The largest absolute Gasteiger partial charge is 0.457 e. The third kappa shape index (κ3) is 8.46. The van der Waals surface area contributed by atoms with Crippen LogP contribution in [0, 0.1) is 5.92 Å². The summed E-state index contributed by atoms with van der Waals surface area (Å²) in [6, 6.07) is 21.1. The van der Waals surface area contributed by atoms with Crippen LogP contribution in [-0.4, -0.2) is 51.0 Å². The lowest BCUT2D eigenvalue weighted by Gasteiger charge is -2.33. The van der Waals surface area contributed by atoms with Crippen molar-refractivity contribution < 1.29 is 23.9 Å². The number of hydrogen-bond donors (Lipinski definition) is 1. The Balaban J connectivity index is 1.11. The first-order valence-electron chi connectivity index (χ1n) is 15.2. The number of aromatic nitrogens is 2. The van der Waals surface area contributed by atoms with Gasteiger partial charge in [0.25, 0.3) is 0 Å². The molecule has 1 aliphatic heterocycles. The second kappa shape index (κ2) is 13.8. The van der Waals surface area contributed by atoms with Crippen molar-refractivity contribution in [1.29, 1.82) is 0 Å². The van der Waals surface area contributed by atoms with E-state index in [-0.39, 0.29) is 23.8 Å². The molecule has 1 aliphatic rings. The number of piperidine rings is 1. The zero-order valence-electron chi connectivity index (χ0n) is 25.6. The summed E-state index contributed by atoms with van der Waals surface area (Å²) in [7, 11) is 0. The Morgan fingerprint density at radius 1 is 0.955 bits per heavy atom. The number of fused-ring (bicyclic) bond motifs is 1. The molecule has 0 radical (unpaired) electrons. The molecule has 0 aliphatic carbocycles. The van der Waals surface area contributed by atoms with Crippen molar-refractivity contribution in [2.45, 2.75) is 64.9 Å². The summed E-state index contributed by atoms with van der Waals surface area (Å²) in [5.41, 5.74) is 1.54. The van der Waals surface area contributed by atoms with Crippen LogP contribution in [0.4, 0.5) is 10.6 Å². The fourth-order valence-corrected chi connectivity index (χ4v) is 5.39. The van der Waals surface area contributed by atoms with E-state index in [9.17, 15) is 14.4 Å². The first-order valence-corrected chi connectivity index (χ1v) is 15.2. The number of nitrogens with one attached hydrogen (secondary N) is 1. The first kappa shape index (κ1) is 30.8. The highest BCUT2D eigenvalue weighted by Gasteiger charge is 2.28. The molecule has 2 aromatic carbocycles. The summed E-state index contributed by atoms with van der Waals surface area (Å²) < 4.78 is 13.2. The van der Waals surface area contributed by atoms with Gasteiger partial charge in [-0.2, -0.15) is 0 Å². The Hall–Kier alpha value is -4.66. The van der Waals surface area contributed by atoms with Gasteiger partial charge in [-0.3, -0.25) is 14.2 Å². The minimum absolute atomic E-state index is 0.0627. The number of aryl methyl sites for hydroxylation is 1. The van der Waals surface area contributed by atoms with Crippen molar-refractivity contribution in [3.05, 3.63) is 84.7 Å². The van der Waals surface area contributed by atoms with Crippen LogP contribution in [0.5, 0.6) is 11.5 Å². The monoisotopic (exact) mass is 596 g/mol.